The van der Waals surface area contributed by atoms with Crippen LogP contribution in [0.5, 0.6) is 11.5 Å². The molecule has 1 aliphatic heterocycles. The molecule has 1 atom stereocenters. The second-order valence-corrected chi connectivity index (χ2v) is 4.72. The predicted molar refractivity (Wildman–Crippen MR) is 72.6 cm³/mol. The highest BCUT2D eigenvalue weighted by Crippen LogP contribution is 2.35. The van der Waals surface area contributed by atoms with E-state index < -0.39 is 11.9 Å². The zero-order valence-corrected chi connectivity index (χ0v) is 11.6. The molecule has 108 valence electrons. The van der Waals surface area contributed by atoms with Gasteiger partial charge in [-0.05, 0) is 13.0 Å². The molecule has 1 heterocycles. The van der Waals surface area contributed by atoms with E-state index in [1.54, 1.807) is 21.0 Å². The van der Waals surface area contributed by atoms with Crippen LogP contribution in [0.3, 0.4) is 0 Å². The minimum absolute atomic E-state index is 0.107. The molecule has 1 aliphatic rings. The van der Waals surface area contributed by atoms with E-state index in [4.69, 9.17) is 15.2 Å². The van der Waals surface area contributed by atoms with E-state index in [0.717, 1.165) is 0 Å². The standard InChI is InChI=1S/C13H17N3O4/c1-7(13(18)16(2)3)15-12(17)8-4-10-11(5-9(8)14)20-6-19-10/h4-5,7H,6,14H2,1-3H3,(H,15,17). The number of hydrogen-bond acceptors (Lipinski definition) is 5. The van der Waals surface area contributed by atoms with E-state index in [9.17, 15) is 9.59 Å². The van der Waals surface area contributed by atoms with Crippen molar-refractivity contribution in [2.45, 2.75) is 13.0 Å². The fourth-order valence-corrected chi connectivity index (χ4v) is 1.88. The van der Waals surface area contributed by atoms with E-state index in [1.807, 2.05) is 0 Å². The Kier molecular flexibility index (Phi) is 3.69. The Bertz CT molecular complexity index is 557. The minimum Gasteiger partial charge on any atom is -0.454 e. The molecule has 0 radical (unpaired) electrons. The average molecular weight is 279 g/mol. The summed E-state index contributed by atoms with van der Waals surface area (Å²) < 4.78 is 10.4. The molecule has 1 unspecified atom stereocenters. The predicted octanol–water partition coefficient (Wildman–Crippen LogP) is 0.204. The lowest BCUT2D eigenvalue weighted by Crippen LogP contribution is -2.44. The van der Waals surface area contributed by atoms with Crippen molar-refractivity contribution in [3.63, 3.8) is 0 Å². The maximum atomic E-state index is 12.1. The van der Waals surface area contributed by atoms with Crippen molar-refractivity contribution < 1.29 is 19.1 Å². The summed E-state index contributed by atoms with van der Waals surface area (Å²) in [6.45, 7) is 1.72. The summed E-state index contributed by atoms with van der Waals surface area (Å²) in [7, 11) is 3.25. The largest absolute Gasteiger partial charge is 0.454 e. The number of likely N-dealkylation sites (N-methyl/N-ethyl adjacent to an activating group) is 1. The Labute approximate surface area is 116 Å². The zero-order chi connectivity index (χ0) is 14.9. The summed E-state index contributed by atoms with van der Waals surface area (Å²) in [5, 5.41) is 2.60. The SMILES string of the molecule is CC(NC(=O)c1cc2c(cc1N)OCO2)C(=O)N(C)C. The Morgan fingerprint density at radius 2 is 1.90 bits per heavy atom. The fourth-order valence-electron chi connectivity index (χ4n) is 1.88. The van der Waals surface area contributed by atoms with E-state index in [-0.39, 0.29) is 24.0 Å². The number of benzene rings is 1. The number of carbonyl (C=O) groups excluding carboxylic acids is 2. The quantitative estimate of drug-likeness (QED) is 0.771. The number of carbonyl (C=O) groups is 2. The Balaban J connectivity index is 2.16. The number of nitrogen functional groups attached to an aromatic ring is 1. The van der Waals surface area contributed by atoms with Crippen LogP contribution in [0.2, 0.25) is 0 Å². The third kappa shape index (κ3) is 2.61. The van der Waals surface area contributed by atoms with Gasteiger partial charge in [-0.3, -0.25) is 9.59 Å². The van der Waals surface area contributed by atoms with Crippen molar-refractivity contribution in [2.24, 2.45) is 0 Å². The van der Waals surface area contributed by atoms with Crippen LogP contribution < -0.4 is 20.5 Å². The van der Waals surface area contributed by atoms with Gasteiger partial charge in [-0.2, -0.15) is 0 Å². The molecular formula is C13H17N3O4. The van der Waals surface area contributed by atoms with E-state index >= 15 is 0 Å². The van der Waals surface area contributed by atoms with Crippen LogP contribution in [0, 0.1) is 0 Å². The summed E-state index contributed by atoms with van der Waals surface area (Å²) in [6, 6.07) is 2.41. The monoisotopic (exact) mass is 279 g/mol. The first-order chi connectivity index (χ1) is 9.40. The van der Waals surface area contributed by atoms with Gasteiger partial charge < -0.3 is 25.4 Å². The van der Waals surface area contributed by atoms with Crippen LogP contribution in [-0.2, 0) is 4.79 Å². The number of nitrogens with one attached hydrogen (secondary N) is 1. The molecule has 0 aliphatic carbocycles. The number of anilines is 1. The second-order valence-electron chi connectivity index (χ2n) is 4.72. The molecule has 1 aromatic rings. The van der Waals surface area contributed by atoms with Crippen molar-refractivity contribution in [1.82, 2.24) is 10.2 Å². The normalized spacial score (nSPS) is 13.8. The number of nitrogens with zero attached hydrogens (tertiary/aromatic N) is 1. The van der Waals surface area contributed by atoms with Crippen LogP contribution in [0.25, 0.3) is 0 Å². The molecule has 2 rings (SSSR count). The molecule has 0 aromatic heterocycles. The van der Waals surface area contributed by atoms with Gasteiger partial charge in [0.15, 0.2) is 11.5 Å². The molecule has 2 amide bonds. The molecular weight excluding hydrogens is 262 g/mol. The summed E-state index contributed by atoms with van der Waals surface area (Å²) >= 11 is 0. The summed E-state index contributed by atoms with van der Waals surface area (Å²) in [5.41, 5.74) is 6.35. The maximum absolute atomic E-state index is 12.1. The highest BCUT2D eigenvalue weighted by atomic mass is 16.7. The van der Waals surface area contributed by atoms with Crippen molar-refractivity contribution in [1.29, 1.82) is 0 Å². The average Bonchev–Trinajstić information content (AvgIpc) is 2.83. The van der Waals surface area contributed by atoms with Gasteiger partial charge in [-0.15, -0.1) is 0 Å². The molecule has 0 saturated heterocycles. The van der Waals surface area contributed by atoms with E-state index in [2.05, 4.69) is 5.32 Å². The third-order valence-corrected chi connectivity index (χ3v) is 2.95. The molecule has 20 heavy (non-hydrogen) atoms. The van der Waals surface area contributed by atoms with Crippen LogP contribution >= 0.6 is 0 Å². The van der Waals surface area contributed by atoms with Crippen LogP contribution in [0.4, 0.5) is 5.69 Å². The van der Waals surface area contributed by atoms with Gasteiger partial charge in [0.05, 0.1) is 5.56 Å². The van der Waals surface area contributed by atoms with Gasteiger partial charge in [0.2, 0.25) is 12.7 Å². The summed E-state index contributed by atoms with van der Waals surface area (Å²) in [4.78, 5) is 25.3. The number of amides is 2. The first-order valence-corrected chi connectivity index (χ1v) is 6.11. The van der Waals surface area contributed by atoms with Crippen molar-refractivity contribution in [3.8, 4) is 11.5 Å². The molecule has 0 saturated carbocycles. The topological polar surface area (TPSA) is 93.9 Å². The van der Waals surface area contributed by atoms with Crippen molar-refractivity contribution >= 4 is 17.5 Å². The van der Waals surface area contributed by atoms with Gasteiger partial charge in [-0.25, -0.2) is 0 Å². The Morgan fingerprint density at radius 3 is 2.50 bits per heavy atom. The van der Waals surface area contributed by atoms with Crippen LogP contribution in [0.15, 0.2) is 12.1 Å². The summed E-state index contributed by atoms with van der Waals surface area (Å²) in [5.74, 6) is 0.355. The Morgan fingerprint density at radius 1 is 1.30 bits per heavy atom. The minimum atomic E-state index is -0.637. The van der Waals surface area contributed by atoms with Gasteiger partial charge >= 0.3 is 0 Å². The fraction of sp³-hybridized carbons (Fsp3) is 0.385. The number of ether oxygens (including phenoxy) is 2. The lowest BCUT2D eigenvalue weighted by atomic mass is 10.1. The lowest BCUT2D eigenvalue weighted by Gasteiger charge is -2.18. The van der Waals surface area contributed by atoms with Gasteiger partial charge in [0.1, 0.15) is 6.04 Å². The van der Waals surface area contributed by atoms with E-state index in [1.165, 1.54) is 17.0 Å². The van der Waals surface area contributed by atoms with Crippen molar-refractivity contribution in [2.75, 3.05) is 26.6 Å². The van der Waals surface area contributed by atoms with Gasteiger partial charge in [0, 0.05) is 25.8 Å². The Hall–Kier alpha value is -2.44. The molecule has 0 bridgehead atoms. The first-order valence-electron chi connectivity index (χ1n) is 6.11. The number of hydrogen-bond donors (Lipinski definition) is 2. The second kappa shape index (κ2) is 5.28. The molecule has 7 heteroatoms. The number of fused-ring (bicyclic) bond motifs is 1. The maximum Gasteiger partial charge on any atom is 0.254 e. The van der Waals surface area contributed by atoms with Crippen LogP contribution in [-0.4, -0.2) is 43.6 Å². The lowest BCUT2D eigenvalue weighted by molar-refractivity contribution is -0.130. The summed E-state index contributed by atoms with van der Waals surface area (Å²) in [6.07, 6.45) is 0. The highest BCUT2D eigenvalue weighted by molar-refractivity contribution is 6.02. The molecule has 3 N–H and O–H groups in total. The third-order valence-electron chi connectivity index (χ3n) is 2.95. The van der Waals surface area contributed by atoms with Crippen molar-refractivity contribution in [3.05, 3.63) is 17.7 Å². The molecule has 0 fully saturated rings. The molecule has 1 aromatic carbocycles. The zero-order valence-electron chi connectivity index (χ0n) is 11.6. The molecule has 0 spiro atoms. The number of rotatable bonds is 3. The van der Waals surface area contributed by atoms with Crippen LogP contribution in [0.1, 0.15) is 17.3 Å². The van der Waals surface area contributed by atoms with Gasteiger partial charge in [-0.1, -0.05) is 0 Å². The first kappa shape index (κ1) is 14.0. The number of nitrogens with two attached hydrogens (primary N) is 1. The highest BCUT2D eigenvalue weighted by Gasteiger charge is 2.22. The smallest absolute Gasteiger partial charge is 0.254 e. The van der Waals surface area contributed by atoms with Gasteiger partial charge in [0.25, 0.3) is 5.91 Å². The molecule has 7 nitrogen and oxygen atoms in total. The van der Waals surface area contributed by atoms with E-state index in [0.29, 0.717) is 11.5 Å².